The number of nitrogens with one attached hydrogen (secondary N) is 1. The number of carbonyl (C=O) groups is 2. The Morgan fingerprint density at radius 1 is 1.06 bits per heavy atom. The van der Waals surface area contributed by atoms with Gasteiger partial charge in [0.2, 0.25) is 17.7 Å². The minimum absolute atomic E-state index is 0.00830. The van der Waals surface area contributed by atoms with E-state index in [4.69, 9.17) is 15.2 Å². The monoisotopic (exact) mass is 691 g/mol. The Kier molecular flexibility index (Phi) is 13.2. The van der Waals surface area contributed by atoms with Gasteiger partial charge in [0.05, 0.1) is 31.3 Å². The Morgan fingerprint density at radius 2 is 1.76 bits per heavy atom. The van der Waals surface area contributed by atoms with Crippen LogP contribution in [0.4, 0.5) is 8.78 Å². The molecule has 10 nitrogen and oxygen atoms in total. The first-order chi connectivity index (χ1) is 23.9. The summed E-state index contributed by atoms with van der Waals surface area (Å²) in [5.41, 5.74) is 8.26. The molecular formula is C38H47F2N5O5. The molecule has 2 aromatic carbocycles. The number of rotatable bonds is 17. The standard InChI is InChI=1S/C38H47F2N5O5/c1-6-11-45(12-7-2)35(47)28-13-24(3)19-38(20-28,36(41)48)32(17-26-15-29(39)18-30(40)16-26)33(46)23-42-21-25-9-8-10-27(14-25)31-22-43-37(50-5)44-34(31)49-4/h8-10,13-16,18-19,22,32-33,42,46H,6-7,11-12,17,20-21,23H2,1-5H3,(H2,41,48)/t32-,33+,38?/m1/s1. The molecule has 268 valence electrons. The summed E-state index contributed by atoms with van der Waals surface area (Å²) in [5.74, 6) is -3.09. The third-order valence-electron chi connectivity index (χ3n) is 8.91. The van der Waals surface area contributed by atoms with Crippen molar-refractivity contribution in [2.24, 2.45) is 17.1 Å². The van der Waals surface area contributed by atoms with Gasteiger partial charge < -0.3 is 30.5 Å². The van der Waals surface area contributed by atoms with Crippen LogP contribution in [0.15, 0.2) is 72.0 Å². The van der Waals surface area contributed by atoms with Gasteiger partial charge in [-0.05, 0) is 67.5 Å². The van der Waals surface area contributed by atoms with Gasteiger partial charge in [-0.2, -0.15) is 4.98 Å². The maximum absolute atomic E-state index is 14.4. The molecular weight excluding hydrogens is 644 g/mol. The normalized spacial score (nSPS) is 17.0. The quantitative estimate of drug-likeness (QED) is 0.177. The van der Waals surface area contributed by atoms with E-state index >= 15 is 0 Å². The average Bonchev–Trinajstić information content (AvgIpc) is 3.09. The van der Waals surface area contributed by atoms with E-state index in [0.29, 0.717) is 42.2 Å². The molecule has 2 amide bonds. The highest BCUT2D eigenvalue weighted by Crippen LogP contribution is 2.44. The summed E-state index contributed by atoms with van der Waals surface area (Å²) in [5, 5.41) is 15.1. The van der Waals surface area contributed by atoms with E-state index in [0.717, 1.165) is 30.0 Å². The highest BCUT2D eigenvalue weighted by atomic mass is 19.1. The number of methoxy groups -OCH3 is 2. The molecule has 3 aromatic rings. The second kappa shape index (κ2) is 17.3. The van der Waals surface area contributed by atoms with Crippen LogP contribution in [-0.4, -0.2) is 71.7 Å². The number of ether oxygens (including phenoxy) is 2. The van der Waals surface area contributed by atoms with E-state index in [9.17, 15) is 23.5 Å². The number of nitrogens with two attached hydrogens (primary N) is 1. The molecule has 4 N–H and O–H groups in total. The first-order valence-corrected chi connectivity index (χ1v) is 16.8. The van der Waals surface area contributed by atoms with E-state index in [1.54, 1.807) is 30.2 Å². The number of primary amides is 1. The van der Waals surface area contributed by atoms with E-state index in [2.05, 4.69) is 15.3 Å². The molecule has 0 saturated carbocycles. The third-order valence-corrected chi connectivity index (χ3v) is 8.91. The molecule has 1 aliphatic rings. The predicted octanol–water partition coefficient (Wildman–Crippen LogP) is 5.15. The topological polar surface area (TPSA) is 140 Å². The zero-order chi connectivity index (χ0) is 36.4. The van der Waals surface area contributed by atoms with Crippen LogP contribution < -0.4 is 20.5 Å². The van der Waals surface area contributed by atoms with Crippen LogP contribution in [-0.2, 0) is 22.6 Å². The fraction of sp³-hybridized carbons (Fsp3) is 0.421. The molecule has 4 rings (SSSR count). The van der Waals surface area contributed by atoms with Crippen LogP contribution in [0.25, 0.3) is 11.1 Å². The van der Waals surface area contributed by atoms with Gasteiger partial charge in [0.25, 0.3) is 0 Å². The van der Waals surface area contributed by atoms with Gasteiger partial charge in [-0.3, -0.25) is 9.59 Å². The van der Waals surface area contributed by atoms with Crippen molar-refractivity contribution in [3.63, 3.8) is 0 Å². The van der Waals surface area contributed by atoms with Crippen LogP contribution in [0.1, 0.15) is 51.2 Å². The summed E-state index contributed by atoms with van der Waals surface area (Å²) in [4.78, 5) is 37.6. The van der Waals surface area contributed by atoms with Crippen molar-refractivity contribution in [1.82, 2.24) is 20.2 Å². The lowest BCUT2D eigenvalue weighted by atomic mass is 9.63. The second-order valence-electron chi connectivity index (χ2n) is 12.7. The number of aromatic nitrogens is 2. The highest BCUT2D eigenvalue weighted by molar-refractivity contribution is 5.97. The van der Waals surface area contributed by atoms with Crippen molar-refractivity contribution in [1.29, 1.82) is 0 Å². The van der Waals surface area contributed by atoms with Gasteiger partial charge in [0.15, 0.2) is 0 Å². The van der Waals surface area contributed by atoms with Gasteiger partial charge in [0.1, 0.15) is 11.6 Å². The number of amides is 2. The van der Waals surface area contributed by atoms with Crippen LogP contribution in [0.2, 0.25) is 0 Å². The number of aliphatic hydroxyl groups excluding tert-OH is 1. The van der Waals surface area contributed by atoms with Crippen molar-refractivity contribution in [3.05, 3.63) is 94.7 Å². The Bertz CT molecular complexity index is 1710. The van der Waals surface area contributed by atoms with Gasteiger partial charge in [0, 0.05) is 49.9 Å². The minimum Gasteiger partial charge on any atom is -0.480 e. The predicted molar refractivity (Wildman–Crippen MR) is 187 cm³/mol. The second-order valence-corrected chi connectivity index (χ2v) is 12.7. The number of aliphatic hydroxyl groups is 1. The fourth-order valence-corrected chi connectivity index (χ4v) is 6.72. The highest BCUT2D eigenvalue weighted by Gasteiger charge is 2.48. The van der Waals surface area contributed by atoms with Crippen LogP contribution in [0.5, 0.6) is 11.9 Å². The van der Waals surface area contributed by atoms with Crippen LogP contribution in [0, 0.1) is 23.0 Å². The summed E-state index contributed by atoms with van der Waals surface area (Å²) in [6.45, 7) is 7.19. The minimum atomic E-state index is -1.53. The molecule has 12 heteroatoms. The van der Waals surface area contributed by atoms with Crippen molar-refractivity contribution in [2.75, 3.05) is 33.9 Å². The summed E-state index contributed by atoms with van der Waals surface area (Å²) in [6, 6.07) is 10.9. The molecule has 0 spiro atoms. The lowest BCUT2D eigenvalue weighted by Crippen LogP contribution is -2.51. The van der Waals surface area contributed by atoms with Crippen molar-refractivity contribution < 1.29 is 33.0 Å². The molecule has 0 bridgehead atoms. The lowest BCUT2D eigenvalue weighted by Gasteiger charge is -2.42. The Hall–Kier alpha value is -4.68. The molecule has 1 aromatic heterocycles. The van der Waals surface area contributed by atoms with Gasteiger partial charge in [-0.1, -0.05) is 49.8 Å². The molecule has 0 saturated heterocycles. The van der Waals surface area contributed by atoms with Crippen LogP contribution in [0.3, 0.4) is 0 Å². The van der Waals surface area contributed by atoms with Crippen molar-refractivity contribution in [2.45, 2.75) is 59.1 Å². The number of hydrogen-bond acceptors (Lipinski definition) is 8. The van der Waals surface area contributed by atoms with E-state index in [1.165, 1.54) is 26.4 Å². The third kappa shape index (κ3) is 9.10. The average molecular weight is 692 g/mol. The zero-order valence-electron chi connectivity index (χ0n) is 29.3. The van der Waals surface area contributed by atoms with Crippen molar-refractivity contribution >= 4 is 11.8 Å². The number of carbonyl (C=O) groups excluding carboxylic acids is 2. The summed E-state index contributed by atoms with van der Waals surface area (Å²) in [7, 11) is 2.98. The maximum atomic E-state index is 14.4. The lowest BCUT2D eigenvalue weighted by molar-refractivity contribution is -0.132. The number of hydrogen-bond donors (Lipinski definition) is 3. The van der Waals surface area contributed by atoms with Gasteiger partial charge in [-0.15, -0.1) is 0 Å². The first-order valence-electron chi connectivity index (χ1n) is 16.8. The molecule has 0 fully saturated rings. The zero-order valence-corrected chi connectivity index (χ0v) is 29.3. The summed E-state index contributed by atoms with van der Waals surface area (Å²) >= 11 is 0. The van der Waals surface area contributed by atoms with E-state index in [-0.39, 0.29) is 36.9 Å². The number of allylic oxidation sites excluding steroid dienone is 2. The number of halogens is 2. The molecule has 1 aliphatic carbocycles. The molecule has 0 aliphatic heterocycles. The Labute approximate surface area is 292 Å². The molecule has 1 unspecified atom stereocenters. The van der Waals surface area contributed by atoms with E-state index < -0.39 is 35.0 Å². The smallest absolute Gasteiger partial charge is 0.319 e. The number of nitrogens with zero attached hydrogens (tertiary/aromatic N) is 3. The Morgan fingerprint density at radius 3 is 2.38 bits per heavy atom. The fourth-order valence-electron chi connectivity index (χ4n) is 6.72. The molecule has 50 heavy (non-hydrogen) atoms. The SMILES string of the molecule is CCCN(CCC)C(=O)C1=CC(C)=CC(C(N)=O)([C@H](Cc2cc(F)cc(F)c2)[C@@H](O)CNCc2cccc(-c3cnc(OC)nc3OC)c2)C1. The number of benzene rings is 2. The summed E-state index contributed by atoms with van der Waals surface area (Å²) < 4.78 is 39.3. The molecule has 1 heterocycles. The van der Waals surface area contributed by atoms with E-state index in [1.807, 2.05) is 38.1 Å². The molecule has 0 radical (unpaired) electrons. The Balaban J connectivity index is 1.63. The largest absolute Gasteiger partial charge is 0.480 e. The maximum Gasteiger partial charge on any atom is 0.319 e. The first kappa shape index (κ1) is 38.1. The molecule has 3 atom stereocenters. The van der Waals surface area contributed by atoms with Gasteiger partial charge >= 0.3 is 6.01 Å². The summed E-state index contributed by atoms with van der Waals surface area (Å²) in [6.07, 6.45) is 5.22. The van der Waals surface area contributed by atoms with Crippen LogP contribution >= 0.6 is 0 Å². The van der Waals surface area contributed by atoms with Gasteiger partial charge in [-0.25, -0.2) is 13.8 Å². The van der Waals surface area contributed by atoms with Crippen molar-refractivity contribution in [3.8, 4) is 23.0 Å².